The van der Waals surface area contributed by atoms with Crippen molar-refractivity contribution in [3.05, 3.63) is 52.4 Å². The van der Waals surface area contributed by atoms with E-state index in [0.29, 0.717) is 21.7 Å². The number of carbonyl (C=O) groups is 1. The van der Waals surface area contributed by atoms with Gasteiger partial charge in [0.25, 0.3) is 0 Å². The highest BCUT2D eigenvalue weighted by molar-refractivity contribution is 6.06. The molecule has 6 nitrogen and oxygen atoms in total. The van der Waals surface area contributed by atoms with Crippen LogP contribution in [0.15, 0.2) is 45.6 Å². The predicted octanol–water partition coefficient (Wildman–Crippen LogP) is 1.73. The highest BCUT2D eigenvalue weighted by atomic mass is 16.5. The number of fused-ring (bicyclic) bond motifs is 3. The molecule has 0 amide bonds. The zero-order chi connectivity index (χ0) is 16.6. The van der Waals surface area contributed by atoms with Gasteiger partial charge in [-0.2, -0.15) is 0 Å². The number of benzene rings is 2. The molecule has 0 saturated carbocycles. The molecule has 2 N–H and O–H groups in total. The van der Waals surface area contributed by atoms with Crippen LogP contribution in [0.2, 0.25) is 0 Å². The maximum atomic E-state index is 12.1. The van der Waals surface area contributed by atoms with Crippen LogP contribution < -0.4 is 5.63 Å². The fourth-order valence-corrected chi connectivity index (χ4v) is 2.53. The largest absolute Gasteiger partial charge is 0.507 e. The Hall–Kier alpha value is -2.86. The van der Waals surface area contributed by atoms with Gasteiger partial charge in [0.2, 0.25) is 0 Å². The molecule has 3 aromatic rings. The van der Waals surface area contributed by atoms with Crippen molar-refractivity contribution in [2.24, 2.45) is 0 Å². The Morgan fingerprint density at radius 3 is 2.78 bits per heavy atom. The molecule has 118 valence electrons. The quantitative estimate of drug-likeness (QED) is 0.434. The molecule has 6 heteroatoms. The van der Waals surface area contributed by atoms with Crippen LogP contribution in [0.1, 0.15) is 5.56 Å². The van der Waals surface area contributed by atoms with Crippen molar-refractivity contribution in [3.63, 3.8) is 0 Å². The Labute approximate surface area is 130 Å². The summed E-state index contributed by atoms with van der Waals surface area (Å²) in [5.41, 5.74) is -0.120. The Balaban J connectivity index is 2.14. The average molecular weight is 314 g/mol. The number of carbonyl (C=O) groups excluding carboxylic acids is 1. The lowest BCUT2D eigenvalue weighted by molar-refractivity contribution is -0.150. The van der Waals surface area contributed by atoms with E-state index in [4.69, 9.17) is 4.42 Å². The fourth-order valence-electron chi connectivity index (χ4n) is 2.53. The van der Waals surface area contributed by atoms with Crippen molar-refractivity contribution in [2.45, 2.75) is 12.5 Å². The second-order valence-corrected chi connectivity index (χ2v) is 5.16. The van der Waals surface area contributed by atoms with Gasteiger partial charge in [0.05, 0.1) is 7.11 Å². The smallest absolute Gasteiger partial charge is 0.339 e. The van der Waals surface area contributed by atoms with E-state index < -0.39 is 17.7 Å². The second kappa shape index (κ2) is 5.73. The lowest BCUT2D eigenvalue weighted by Gasteiger charge is -2.09. The first-order valence-electron chi connectivity index (χ1n) is 6.94. The van der Waals surface area contributed by atoms with Crippen LogP contribution in [0.25, 0.3) is 21.7 Å². The van der Waals surface area contributed by atoms with Gasteiger partial charge in [-0.3, -0.25) is 0 Å². The van der Waals surface area contributed by atoms with Crippen molar-refractivity contribution in [2.75, 3.05) is 7.11 Å². The maximum absolute atomic E-state index is 12.1. The predicted molar refractivity (Wildman–Crippen MR) is 83.4 cm³/mol. The molecule has 0 aliphatic carbocycles. The number of phenols is 1. The van der Waals surface area contributed by atoms with Crippen LogP contribution in [-0.4, -0.2) is 29.4 Å². The van der Waals surface area contributed by atoms with Crippen molar-refractivity contribution < 1.29 is 24.2 Å². The number of aliphatic hydroxyl groups is 1. The first-order valence-corrected chi connectivity index (χ1v) is 6.94. The highest BCUT2D eigenvalue weighted by Gasteiger charge is 2.19. The van der Waals surface area contributed by atoms with E-state index in [2.05, 4.69) is 4.74 Å². The van der Waals surface area contributed by atoms with Gasteiger partial charge in [-0.15, -0.1) is 0 Å². The monoisotopic (exact) mass is 314 g/mol. The molecule has 1 atom stereocenters. The first kappa shape index (κ1) is 15.1. The van der Waals surface area contributed by atoms with Crippen LogP contribution in [0.3, 0.4) is 0 Å². The lowest BCUT2D eigenvalue weighted by Crippen LogP contribution is -2.26. The summed E-state index contributed by atoms with van der Waals surface area (Å²) in [5, 5.41) is 21.4. The average Bonchev–Trinajstić information content (AvgIpc) is 2.55. The molecular formula is C17H14O6. The highest BCUT2D eigenvalue weighted by Crippen LogP contribution is 2.30. The van der Waals surface area contributed by atoms with Crippen LogP contribution in [0.5, 0.6) is 5.75 Å². The number of aliphatic hydroxyl groups excluding tert-OH is 1. The molecule has 0 saturated heterocycles. The summed E-state index contributed by atoms with van der Waals surface area (Å²) >= 11 is 0. The third-order valence-electron chi connectivity index (χ3n) is 3.69. The van der Waals surface area contributed by atoms with Gasteiger partial charge in [0.1, 0.15) is 11.3 Å². The summed E-state index contributed by atoms with van der Waals surface area (Å²) in [6.45, 7) is 0. The Morgan fingerprint density at radius 2 is 2.04 bits per heavy atom. The molecule has 0 bridgehead atoms. The van der Waals surface area contributed by atoms with Crippen molar-refractivity contribution in [1.82, 2.24) is 0 Å². The van der Waals surface area contributed by atoms with Crippen LogP contribution in [-0.2, 0) is 16.0 Å². The molecule has 0 aliphatic heterocycles. The Kier molecular flexibility index (Phi) is 3.75. The van der Waals surface area contributed by atoms with Crippen molar-refractivity contribution in [3.8, 4) is 5.75 Å². The molecule has 1 aromatic heterocycles. The summed E-state index contributed by atoms with van der Waals surface area (Å²) in [4.78, 5) is 23.4. The van der Waals surface area contributed by atoms with Crippen molar-refractivity contribution in [1.29, 1.82) is 0 Å². The van der Waals surface area contributed by atoms with Crippen LogP contribution >= 0.6 is 0 Å². The molecule has 2 aromatic carbocycles. The number of ether oxygens (including phenoxy) is 1. The third-order valence-corrected chi connectivity index (χ3v) is 3.69. The standard InChI is InChI=1S/C17H14O6/c1-22-17(21)14(19)8-10-7-9-5-6-11-12(3-2-4-13(11)18)15(9)23-16(10)20/h2-7,14,18-19H,8H2,1H3. The Morgan fingerprint density at radius 1 is 1.26 bits per heavy atom. The minimum atomic E-state index is -1.43. The number of methoxy groups -OCH3 is 1. The molecule has 0 aliphatic rings. The van der Waals surface area contributed by atoms with Gasteiger partial charge in [-0.1, -0.05) is 18.2 Å². The first-order chi connectivity index (χ1) is 11.0. The second-order valence-electron chi connectivity index (χ2n) is 5.16. The molecule has 1 heterocycles. The minimum absolute atomic E-state index is 0.0947. The number of rotatable bonds is 3. The number of hydrogen-bond acceptors (Lipinski definition) is 6. The molecule has 23 heavy (non-hydrogen) atoms. The molecule has 0 fully saturated rings. The summed E-state index contributed by atoms with van der Waals surface area (Å²) in [6.07, 6.45) is -1.62. The Bertz CT molecular complexity index is 956. The molecular weight excluding hydrogens is 300 g/mol. The van der Waals surface area contributed by atoms with E-state index in [9.17, 15) is 19.8 Å². The maximum Gasteiger partial charge on any atom is 0.339 e. The number of hydrogen-bond donors (Lipinski definition) is 2. The summed E-state index contributed by atoms with van der Waals surface area (Å²) in [5.74, 6) is -0.717. The zero-order valence-corrected chi connectivity index (χ0v) is 12.3. The van der Waals surface area contributed by atoms with E-state index >= 15 is 0 Å². The molecule has 3 rings (SSSR count). The van der Waals surface area contributed by atoms with Gasteiger partial charge in [-0.25, -0.2) is 9.59 Å². The molecule has 1 unspecified atom stereocenters. The van der Waals surface area contributed by atoms with E-state index in [0.717, 1.165) is 7.11 Å². The number of aromatic hydroxyl groups is 1. The van der Waals surface area contributed by atoms with Crippen LogP contribution in [0.4, 0.5) is 0 Å². The van der Waals surface area contributed by atoms with Gasteiger partial charge >= 0.3 is 11.6 Å². The summed E-state index contributed by atoms with van der Waals surface area (Å²) in [6, 6.07) is 9.93. The van der Waals surface area contributed by atoms with Gasteiger partial charge in [0.15, 0.2) is 6.10 Å². The third kappa shape index (κ3) is 2.64. The zero-order valence-electron chi connectivity index (χ0n) is 12.3. The number of phenolic OH excluding ortho intramolecular Hbond substituents is 1. The van der Waals surface area contributed by atoms with E-state index in [1.807, 2.05) is 0 Å². The van der Waals surface area contributed by atoms with Gasteiger partial charge in [0, 0.05) is 28.1 Å². The number of esters is 1. The van der Waals surface area contributed by atoms with Crippen molar-refractivity contribution >= 4 is 27.7 Å². The van der Waals surface area contributed by atoms with E-state index in [1.165, 1.54) is 0 Å². The lowest BCUT2D eigenvalue weighted by atomic mass is 10.0. The SMILES string of the molecule is COC(=O)C(O)Cc1cc2ccc3c(O)cccc3c2oc1=O. The topological polar surface area (TPSA) is 97.0 Å². The van der Waals surface area contributed by atoms with Gasteiger partial charge in [-0.05, 0) is 18.2 Å². The van der Waals surface area contributed by atoms with E-state index in [1.54, 1.807) is 36.4 Å². The van der Waals surface area contributed by atoms with Crippen LogP contribution in [0, 0.1) is 0 Å². The summed E-state index contributed by atoms with van der Waals surface area (Å²) in [7, 11) is 1.16. The minimum Gasteiger partial charge on any atom is -0.507 e. The molecule has 0 radical (unpaired) electrons. The van der Waals surface area contributed by atoms with E-state index in [-0.39, 0.29) is 17.7 Å². The fraction of sp³-hybridized carbons (Fsp3) is 0.176. The van der Waals surface area contributed by atoms with Gasteiger partial charge < -0.3 is 19.4 Å². The molecule has 0 spiro atoms. The normalized spacial score (nSPS) is 12.4. The summed E-state index contributed by atoms with van der Waals surface area (Å²) < 4.78 is 9.78.